The fourth-order valence-electron chi connectivity index (χ4n) is 1.32. The van der Waals surface area contributed by atoms with Crippen LogP contribution in [0.15, 0.2) is 30.3 Å². The van der Waals surface area contributed by atoms with Gasteiger partial charge in [0.2, 0.25) is 5.88 Å². The molecule has 2 rings (SSSR count). The fourth-order valence-corrected chi connectivity index (χ4v) is 1.32. The Bertz CT molecular complexity index is 514. The summed E-state index contributed by atoms with van der Waals surface area (Å²) < 4.78 is 18.8. The van der Waals surface area contributed by atoms with E-state index in [0.717, 1.165) is 5.69 Å². The number of aromatic nitrogens is 2. The van der Waals surface area contributed by atoms with Crippen LogP contribution < -0.4 is 10.5 Å². The molecule has 0 amide bonds. The van der Waals surface area contributed by atoms with Gasteiger partial charge < -0.3 is 10.5 Å². The third-order valence-corrected chi connectivity index (χ3v) is 2.24. The summed E-state index contributed by atoms with van der Waals surface area (Å²) in [6.45, 7) is 1.99. The first kappa shape index (κ1) is 11.5. The molecule has 2 N–H and O–H groups in total. The Labute approximate surface area is 98.2 Å². The van der Waals surface area contributed by atoms with Crippen molar-refractivity contribution in [2.75, 3.05) is 0 Å². The van der Waals surface area contributed by atoms with E-state index in [9.17, 15) is 4.39 Å². The van der Waals surface area contributed by atoms with E-state index in [1.54, 1.807) is 24.3 Å². The van der Waals surface area contributed by atoms with Crippen molar-refractivity contribution < 1.29 is 9.13 Å². The Hall–Kier alpha value is -2.01. The minimum absolute atomic E-state index is 0.163. The minimum atomic E-state index is -0.384. The number of hydrogen-bond donors (Lipinski definition) is 1. The van der Waals surface area contributed by atoms with Gasteiger partial charge in [-0.1, -0.05) is 6.07 Å². The van der Waals surface area contributed by atoms with Crippen LogP contribution in [0.5, 0.6) is 11.6 Å². The molecule has 0 bridgehead atoms. The van der Waals surface area contributed by atoms with Gasteiger partial charge >= 0.3 is 0 Å². The predicted octanol–water partition coefficient (Wildman–Crippen LogP) is 2.18. The average Bonchev–Trinajstić information content (AvgIpc) is 2.32. The van der Waals surface area contributed by atoms with Crippen LogP contribution in [-0.2, 0) is 6.54 Å². The summed E-state index contributed by atoms with van der Waals surface area (Å²) in [4.78, 5) is 0. The molecule has 0 aliphatic carbocycles. The maximum atomic E-state index is 13.4. The summed E-state index contributed by atoms with van der Waals surface area (Å²) in [5.74, 6) is 0.318. The molecule has 0 spiro atoms. The van der Waals surface area contributed by atoms with Crippen LogP contribution in [0.2, 0.25) is 0 Å². The van der Waals surface area contributed by atoms with Crippen LogP contribution in [0, 0.1) is 12.7 Å². The van der Waals surface area contributed by atoms with Gasteiger partial charge in [0.1, 0.15) is 11.6 Å². The molecule has 0 saturated carbocycles. The Morgan fingerprint density at radius 2 is 2.06 bits per heavy atom. The van der Waals surface area contributed by atoms with Crippen LogP contribution in [-0.4, -0.2) is 10.2 Å². The number of hydrogen-bond acceptors (Lipinski definition) is 4. The van der Waals surface area contributed by atoms with E-state index in [1.807, 2.05) is 6.92 Å². The van der Waals surface area contributed by atoms with Crippen LogP contribution in [0.25, 0.3) is 0 Å². The van der Waals surface area contributed by atoms with Crippen molar-refractivity contribution in [2.45, 2.75) is 13.5 Å². The molecule has 0 unspecified atom stereocenters. The summed E-state index contributed by atoms with van der Waals surface area (Å²) in [7, 11) is 0. The van der Waals surface area contributed by atoms with E-state index in [0.29, 0.717) is 17.2 Å². The highest BCUT2D eigenvalue weighted by molar-refractivity contribution is 5.31. The van der Waals surface area contributed by atoms with Gasteiger partial charge in [0.05, 0.1) is 5.69 Å². The Balaban J connectivity index is 2.19. The van der Waals surface area contributed by atoms with Crippen LogP contribution in [0.1, 0.15) is 11.3 Å². The molecule has 0 fully saturated rings. The van der Waals surface area contributed by atoms with Gasteiger partial charge in [-0.15, -0.1) is 5.10 Å². The molecule has 0 aliphatic heterocycles. The number of nitrogens with two attached hydrogens (primary N) is 1. The second-order valence-corrected chi connectivity index (χ2v) is 3.57. The van der Waals surface area contributed by atoms with Gasteiger partial charge in [0, 0.05) is 24.2 Å². The highest BCUT2D eigenvalue weighted by atomic mass is 19.1. The Kier molecular flexibility index (Phi) is 3.30. The van der Waals surface area contributed by atoms with Gasteiger partial charge in [-0.25, -0.2) is 4.39 Å². The quantitative estimate of drug-likeness (QED) is 0.882. The minimum Gasteiger partial charge on any atom is -0.437 e. The number of rotatable bonds is 3. The van der Waals surface area contributed by atoms with E-state index < -0.39 is 0 Å². The van der Waals surface area contributed by atoms with Gasteiger partial charge in [0.15, 0.2) is 0 Å². The molecule has 0 aliphatic rings. The van der Waals surface area contributed by atoms with Crippen molar-refractivity contribution in [2.24, 2.45) is 5.73 Å². The zero-order chi connectivity index (χ0) is 12.3. The average molecular weight is 233 g/mol. The molecule has 0 atom stereocenters. The van der Waals surface area contributed by atoms with E-state index in [1.165, 1.54) is 6.07 Å². The van der Waals surface area contributed by atoms with Crippen molar-refractivity contribution in [1.29, 1.82) is 0 Å². The summed E-state index contributed by atoms with van der Waals surface area (Å²) in [6, 6.07) is 7.97. The monoisotopic (exact) mass is 233 g/mol. The molecule has 5 heteroatoms. The summed E-state index contributed by atoms with van der Waals surface area (Å²) in [5, 5.41) is 7.67. The molecule has 1 aromatic heterocycles. The first-order valence-corrected chi connectivity index (χ1v) is 5.15. The maximum Gasteiger partial charge on any atom is 0.238 e. The molecule has 88 valence electrons. The van der Waals surface area contributed by atoms with E-state index in [2.05, 4.69) is 10.2 Å². The number of halogens is 1. The lowest BCUT2D eigenvalue weighted by Gasteiger charge is -2.05. The molecule has 2 aromatic rings. The van der Waals surface area contributed by atoms with Crippen molar-refractivity contribution >= 4 is 0 Å². The van der Waals surface area contributed by atoms with Crippen molar-refractivity contribution in [3.8, 4) is 11.6 Å². The first-order valence-electron chi connectivity index (χ1n) is 5.15. The predicted molar refractivity (Wildman–Crippen MR) is 61.1 cm³/mol. The third-order valence-electron chi connectivity index (χ3n) is 2.24. The summed E-state index contributed by atoms with van der Waals surface area (Å²) in [5.41, 5.74) is 6.61. The number of aryl methyl sites for hydroxylation is 1. The lowest BCUT2D eigenvalue weighted by Crippen LogP contribution is -2.00. The zero-order valence-corrected chi connectivity index (χ0v) is 9.35. The number of nitrogens with zero attached hydrogens (tertiary/aromatic N) is 2. The smallest absolute Gasteiger partial charge is 0.238 e. The third kappa shape index (κ3) is 2.76. The molecular formula is C12H12FN3O. The van der Waals surface area contributed by atoms with Gasteiger partial charge in [-0.3, -0.25) is 0 Å². The largest absolute Gasteiger partial charge is 0.437 e. The topological polar surface area (TPSA) is 61.0 Å². The normalized spacial score (nSPS) is 10.3. The Morgan fingerprint density at radius 1 is 1.24 bits per heavy atom. The molecule has 0 saturated heterocycles. The Morgan fingerprint density at radius 3 is 2.65 bits per heavy atom. The summed E-state index contributed by atoms with van der Waals surface area (Å²) >= 11 is 0. The first-order chi connectivity index (χ1) is 8.19. The molecule has 17 heavy (non-hydrogen) atoms. The van der Waals surface area contributed by atoms with E-state index in [-0.39, 0.29) is 12.4 Å². The van der Waals surface area contributed by atoms with Gasteiger partial charge in [0.25, 0.3) is 0 Å². The highest BCUT2D eigenvalue weighted by Gasteiger charge is 2.04. The second-order valence-electron chi connectivity index (χ2n) is 3.57. The number of benzene rings is 1. The standard InChI is InChI=1S/C12H12FN3O/c1-8-2-5-12(16-15-8)17-10-4-3-9(7-14)11(13)6-10/h2-6H,7,14H2,1H3. The van der Waals surface area contributed by atoms with Crippen molar-refractivity contribution in [3.05, 3.63) is 47.4 Å². The van der Waals surface area contributed by atoms with Crippen LogP contribution in [0.3, 0.4) is 0 Å². The van der Waals surface area contributed by atoms with Crippen molar-refractivity contribution in [3.63, 3.8) is 0 Å². The van der Waals surface area contributed by atoms with Crippen LogP contribution in [0.4, 0.5) is 4.39 Å². The molecule has 0 radical (unpaired) electrons. The SMILES string of the molecule is Cc1ccc(Oc2ccc(CN)c(F)c2)nn1. The highest BCUT2D eigenvalue weighted by Crippen LogP contribution is 2.21. The zero-order valence-electron chi connectivity index (χ0n) is 9.35. The molecule has 1 heterocycles. The van der Waals surface area contributed by atoms with Gasteiger partial charge in [-0.2, -0.15) is 5.10 Å². The molecule has 4 nitrogen and oxygen atoms in total. The summed E-state index contributed by atoms with van der Waals surface area (Å²) in [6.07, 6.45) is 0. The van der Waals surface area contributed by atoms with Crippen LogP contribution >= 0.6 is 0 Å². The lowest BCUT2D eigenvalue weighted by atomic mass is 10.2. The van der Waals surface area contributed by atoms with Gasteiger partial charge in [-0.05, 0) is 19.1 Å². The number of ether oxygens (including phenoxy) is 1. The molecular weight excluding hydrogens is 221 g/mol. The lowest BCUT2D eigenvalue weighted by molar-refractivity contribution is 0.449. The maximum absolute atomic E-state index is 13.4. The van der Waals surface area contributed by atoms with E-state index in [4.69, 9.17) is 10.5 Å². The molecule has 1 aromatic carbocycles. The second kappa shape index (κ2) is 4.88. The fraction of sp³-hybridized carbons (Fsp3) is 0.167. The van der Waals surface area contributed by atoms with Crippen molar-refractivity contribution in [1.82, 2.24) is 10.2 Å². The van der Waals surface area contributed by atoms with E-state index >= 15 is 0 Å².